The standard InChI is InChI=1S/C13H18Cl3NO/c1-13(2,3)11(17-4)7-18-12-9(15)5-8(14)6-10(12)16/h5-6,11,17H,7H2,1-4H3. The van der Waals surface area contributed by atoms with Crippen LogP contribution in [0.1, 0.15) is 20.8 Å². The predicted molar refractivity (Wildman–Crippen MR) is 79.3 cm³/mol. The summed E-state index contributed by atoms with van der Waals surface area (Å²) in [4.78, 5) is 0. The number of likely N-dealkylation sites (N-methyl/N-ethyl adjacent to an activating group) is 1. The number of nitrogens with one attached hydrogen (secondary N) is 1. The maximum atomic E-state index is 6.06. The SMILES string of the molecule is CNC(COc1c(Cl)cc(Cl)cc1Cl)C(C)(C)C. The van der Waals surface area contributed by atoms with Crippen molar-refractivity contribution in [3.05, 3.63) is 27.2 Å². The van der Waals surface area contributed by atoms with Crippen LogP contribution in [0.15, 0.2) is 12.1 Å². The Morgan fingerprint density at radius 2 is 1.67 bits per heavy atom. The molecule has 1 aromatic rings. The molecular formula is C13H18Cl3NO. The zero-order chi connectivity index (χ0) is 13.9. The second kappa shape index (κ2) is 6.33. The highest BCUT2D eigenvalue weighted by Gasteiger charge is 2.24. The third-order valence-electron chi connectivity index (χ3n) is 2.75. The van der Waals surface area contributed by atoms with Crippen molar-refractivity contribution in [3.63, 3.8) is 0 Å². The predicted octanol–water partition coefficient (Wildman–Crippen LogP) is 4.66. The average Bonchev–Trinajstić information content (AvgIpc) is 2.19. The second-order valence-electron chi connectivity index (χ2n) is 5.22. The maximum Gasteiger partial charge on any atom is 0.156 e. The quantitative estimate of drug-likeness (QED) is 0.873. The Hall–Kier alpha value is -0.150. The number of rotatable bonds is 4. The first-order valence-corrected chi connectivity index (χ1v) is 6.83. The minimum Gasteiger partial charge on any atom is -0.489 e. The van der Waals surface area contributed by atoms with Crippen LogP contribution in [0, 0.1) is 5.41 Å². The molecule has 2 nitrogen and oxygen atoms in total. The minimum absolute atomic E-state index is 0.0835. The Kier molecular flexibility index (Phi) is 5.60. The summed E-state index contributed by atoms with van der Waals surface area (Å²) in [5.74, 6) is 0.479. The lowest BCUT2D eigenvalue weighted by Crippen LogP contribution is -2.42. The molecule has 102 valence electrons. The van der Waals surface area contributed by atoms with Crippen LogP contribution in [-0.4, -0.2) is 19.7 Å². The van der Waals surface area contributed by atoms with Gasteiger partial charge in [0.2, 0.25) is 0 Å². The van der Waals surface area contributed by atoms with E-state index >= 15 is 0 Å². The first-order chi connectivity index (χ1) is 8.25. The van der Waals surface area contributed by atoms with E-state index in [0.29, 0.717) is 27.4 Å². The maximum absolute atomic E-state index is 6.06. The van der Waals surface area contributed by atoms with E-state index in [2.05, 4.69) is 26.1 Å². The average molecular weight is 311 g/mol. The van der Waals surface area contributed by atoms with Gasteiger partial charge < -0.3 is 10.1 Å². The highest BCUT2D eigenvalue weighted by atomic mass is 35.5. The van der Waals surface area contributed by atoms with Crippen molar-refractivity contribution in [1.82, 2.24) is 5.32 Å². The number of benzene rings is 1. The van der Waals surface area contributed by atoms with Crippen LogP contribution in [0.2, 0.25) is 15.1 Å². The van der Waals surface area contributed by atoms with Crippen molar-refractivity contribution in [2.24, 2.45) is 5.41 Å². The van der Waals surface area contributed by atoms with Crippen LogP contribution in [0.3, 0.4) is 0 Å². The Balaban J connectivity index is 2.80. The van der Waals surface area contributed by atoms with Crippen LogP contribution in [-0.2, 0) is 0 Å². The summed E-state index contributed by atoms with van der Waals surface area (Å²) in [6, 6.07) is 3.44. The Morgan fingerprint density at radius 3 is 2.06 bits per heavy atom. The van der Waals surface area contributed by atoms with Gasteiger partial charge in [0.1, 0.15) is 6.61 Å². The van der Waals surface area contributed by atoms with E-state index in [4.69, 9.17) is 39.5 Å². The van der Waals surface area contributed by atoms with E-state index in [1.54, 1.807) is 12.1 Å². The summed E-state index contributed by atoms with van der Waals surface area (Å²) in [7, 11) is 1.91. The molecule has 0 radical (unpaired) electrons. The van der Waals surface area contributed by atoms with Crippen LogP contribution in [0.4, 0.5) is 0 Å². The van der Waals surface area contributed by atoms with Gasteiger partial charge in [-0.2, -0.15) is 0 Å². The fraction of sp³-hybridized carbons (Fsp3) is 0.538. The number of halogens is 3. The molecule has 0 fully saturated rings. The van der Waals surface area contributed by atoms with Gasteiger partial charge >= 0.3 is 0 Å². The molecule has 0 bridgehead atoms. The molecule has 0 aliphatic carbocycles. The van der Waals surface area contributed by atoms with Gasteiger partial charge in [-0.25, -0.2) is 0 Å². The molecule has 18 heavy (non-hydrogen) atoms. The summed E-state index contributed by atoms with van der Waals surface area (Å²) in [5, 5.41) is 4.58. The van der Waals surface area contributed by atoms with Crippen molar-refractivity contribution >= 4 is 34.8 Å². The third kappa shape index (κ3) is 4.20. The monoisotopic (exact) mass is 309 g/mol. The number of hydrogen-bond donors (Lipinski definition) is 1. The molecule has 5 heteroatoms. The Bertz CT molecular complexity index is 392. The van der Waals surface area contributed by atoms with Crippen molar-refractivity contribution in [2.75, 3.05) is 13.7 Å². The molecular weight excluding hydrogens is 293 g/mol. The normalized spacial score (nSPS) is 13.5. The first kappa shape index (κ1) is 15.9. The van der Waals surface area contributed by atoms with Crippen molar-refractivity contribution in [1.29, 1.82) is 0 Å². The van der Waals surface area contributed by atoms with Crippen molar-refractivity contribution < 1.29 is 4.74 Å². The molecule has 0 amide bonds. The third-order valence-corrected chi connectivity index (χ3v) is 3.53. The molecule has 1 atom stereocenters. The van der Waals surface area contributed by atoms with Crippen LogP contribution in [0.5, 0.6) is 5.75 Å². The molecule has 0 aliphatic heterocycles. The minimum atomic E-state index is 0.0835. The van der Waals surface area contributed by atoms with Gasteiger partial charge in [0.25, 0.3) is 0 Å². The zero-order valence-electron chi connectivity index (χ0n) is 11.0. The molecule has 1 rings (SSSR count). The fourth-order valence-corrected chi connectivity index (χ4v) is 2.53. The van der Waals surface area contributed by atoms with Gasteiger partial charge in [-0.1, -0.05) is 55.6 Å². The van der Waals surface area contributed by atoms with E-state index in [-0.39, 0.29) is 11.5 Å². The summed E-state index contributed by atoms with van der Waals surface area (Å²) >= 11 is 18.0. The van der Waals surface area contributed by atoms with Crippen molar-refractivity contribution in [3.8, 4) is 5.75 Å². The zero-order valence-corrected chi connectivity index (χ0v) is 13.2. The Labute approximate surface area is 124 Å². The van der Waals surface area contributed by atoms with Crippen molar-refractivity contribution in [2.45, 2.75) is 26.8 Å². The number of hydrogen-bond acceptors (Lipinski definition) is 2. The molecule has 0 spiro atoms. The summed E-state index contributed by atoms with van der Waals surface area (Å²) < 4.78 is 5.72. The van der Waals surface area contributed by atoms with E-state index < -0.39 is 0 Å². The smallest absolute Gasteiger partial charge is 0.156 e. The second-order valence-corrected chi connectivity index (χ2v) is 6.47. The largest absolute Gasteiger partial charge is 0.489 e. The Morgan fingerprint density at radius 1 is 1.17 bits per heavy atom. The van der Waals surface area contributed by atoms with E-state index in [1.165, 1.54) is 0 Å². The van der Waals surface area contributed by atoms with Crippen LogP contribution in [0.25, 0.3) is 0 Å². The molecule has 1 aromatic carbocycles. The molecule has 1 N–H and O–H groups in total. The molecule has 0 aromatic heterocycles. The highest BCUT2D eigenvalue weighted by molar-refractivity contribution is 6.40. The van der Waals surface area contributed by atoms with E-state index in [0.717, 1.165) is 0 Å². The van der Waals surface area contributed by atoms with Gasteiger partial charge in [-0.3, -0.25) is 0 Å². The van der Waals surface area contributed by atoms with Gasteiger partial charge in [0.05, 0.1) is 10.0 Å². The topological polar surface area (TPSA) is 21.3 Å². The highest BCUT2D eigenvalue weighted by Crippen LogP contribution is 2.36. The molecule has 0 saturated carbocycles. The lowest BCUT2D eigenvalue weighted by molar-refractivity contribution is 0.181. The van der Waals surface area contributed by atoms with Gasteiger partial charge in [-0.05, 0) is 24.6 Å². The molecule has 0 saturated heterocycles. The van der Waals surface area contributed by atoms with Crippen LogP contribution < -0.4 is 10.1 Å². The van der Waals surface area contributed by atoms with E-state index in [9.17, 15) is 0 Å². The molecule has 1 unspecified atom stereocenters. The number of ether oxygens (including phenoxy) is 1. The van der Waals surface area contributed by atoms with Gasteiger partial charge in [-0.15, -0.1) is 0 Å². The first-order valence-electron chi connectivity index (χ1n) is 5.70. The van der Waals surface area contributed by atoms with Gasteiger partial charge in [0, 0.05) is 11.1 Å². The molecule has 0 aliphatic rings. The van der Waals surface area contributed by atoms with Crippen LogP contribution >= 0.6 is 34.8 Å². The summed E-state index contributed by atoms with van der Waals surface area (Å²) in [5.41, 5.74) is 0.0835. The van der Waals surface area contributed by atoms with Gasteiger partial charge in [0.15, 0.2) is 5.75 Å². The molecule has 0 heterocycles. The fourth-order valence-electron chi connectivity index (χ4n) is 1.60. The lowest BCUT2D eigenvalue weighted by Gasteiger charge is -2.30. The van der Waals surface area contributed by atoms with E-state index in [1.807, 2.05) is 7.05 Å². The summed E-state index contributed by atoms with van der Waals surface area (Å²) in [6.45, 7) is 6.91. The lowest BCUT2D eigenvalue weighted by atomic mass is 9.87. The summed E-state index contributed by atoms with van der Waals surface area (Å²) in [6.07, 6.45) is 0.